The molecule has 33 heavy (non-hydrogen) atoms. The second-order valence-electron chi connectivity index (χ2n) is 8.07. The van der Waals surface area contributed by atoms with Crippen LogP contribution < -0.4 is 4.90 Å². The van der Waals surface area contributed by atoms with Gasteiger partial charge in [0.05, 0.1) is 0 Å². The van der Waals surface area contributed by atoms with Gasteiger partial charge in [0.25, 0.3) is 0 Å². The average molecular weight is 497 g/mol. The summed E-state index contributed by atoms with van der Waals surface area (Å²) in [6.45, 7) is 1.87. The van der Waals surface area contributed by atoms with E-state index in [4.69, 9.17) is 0 Å². The summed E-state index contributed by atoms with van der Waals surface area (Å²) < 4.78 is 137. The SMILES string of the molecule is CCCCCCN(c1c(F)c(C)c(F)c(F)c1F)C(F)(F)C(F)CCCCCCC(F)(F)F. The van der Waals surface area contributed by atoms with Crippen LogP contribution in [-0.2, 0) is 0 Å². The first kappa shape index (κ1) is 29.4. The third kappa shape index (κ3) is 8.24. The minimum atomic E-state index is -4.46. The van der Waals surface area contributed by atoms with Gasteiger partial charge in [0.1, 0.15) is 5.69 Å². The highest BCUT2D eigenvalue weighted by Crippen LogP contribution is 2.39. The lowest BCUT2D eigenvalue weighted by Gasteiger charge is -2.36. The van der Waals surface area contributed by atoms with E-state index >= 15 is 0 Å². The Labute approximate surface area is 187 Å². The molecular formula is C22H29F10N. The van der Waals surface area contributed by atoms with Gasteiger partial charge in [-0.3, -0.25) is 0 Å². The van der Waals surface area contributed by atoms with Gasteiger partial charge in [-0.05, 0) is 26.2 Å². The zero-order chi connectivity index (χ0) is 25.4. The Morgan fingerprint density at radius 3 is 1.88 bits per heavy atom. The van der Waals surface area contributed by atoms with Crippen LogP contribution >= 0.6 is 0 Å². The molecule has 0 radical (unpaired) electrons. The first-order valence-corrected chi connectivity index (χ1v) is 10.9. The van der Waals surface area contributed by atoms with Crippen molar-refractivity contribution >= 4 is 5.69 Å². The zero-order valence-electron chi connectivity index (χ0n) is 18.6. The molecule has 1 aromatic carbocycles. The molecule has 192 valence electrons. The highest BCUT2D eigenvalue weighted by atomic mass is 19.4. The average Bonchev–Trinajstić information content (AvgIpc) is 2.73. The molecule has 0 aliphatic rings. The van der Waals surface area contributed by atoms with Crippen molar-refractivity contribution in [2.45, 2.75) is 96.5 Å². The van der Waals surface area contributed by atoms with E-state index in [0.29, 0.717) is 19.3 Å². The van der Waals surface area contributed by atoms with Crippen LogP contribution in [0, 0.1) is 30.2 Å². The van der Waals surface area contributed by atoms with E-state index in [2.05, 4.69) is 0 Å². The van der Waals surface area contributed by atoms with Crippen molar-refractivity contribution < 1.29 is 43.9 Å². The van der Waals surface area contributed by atoms with Gasteiger partial charge in [-0.15, -0.1) is 0 Å². The largest absolute Gasteiger partial charge is 0.389 e. The molecule has 0 aromatic heterocycles. The normalized spacial score (nSPS) is 13.5. The maximum atomic E-state index is 15.0. The predicted molar refractivity (Wildman–Crippen MR) is 106 cm³/mol. The molecule has 1 rings (SSSR count). The van der Waals surface area contributed by atoms with Crippen molar-refractivity contribution in [3.63, 3.8) is 0 Å². The number of benzene rings is 1. The first-order valence-electron chi connectivity index (χ1n) is 10.9. The van der Waals surface area contributed by atoms with E-state index in [1.54, 1.807) is 0 Å². The molecule has 1 aromatic rings. The van der Waals surface area contributed by atoms with E-state index in [-0.39, 0.29) is 37.0 Å². The maximum absolute atomic E-state index is 15.0. The van der Waals surface area contributed by atoms with Crippen molar-refractivity contribution in [2.24, 2.45) is 0 Å². The van der Waals surface area contributed by atoms with Gasteiger partial charge in [0.15, 0.2) is 29.4 Å². The molecule has 1 atom stereocenters. The minimum absolute atomic E-state index is 0.00941. The number of rotatable bonds is 14. The molecule has 0 saturated heterocycles. The van der Waals surface area contributed by atoms with Gasteiger partial charge in [0, 0.05) is 18.5 Å². The highest BCUT2D eigenvalue weighted by Gasteiger charge is 2.48. The molecule has 11 heteroatoms. The highest BCUT2D eigenvalue weighted by molar-refractivity contribution is 5.54. The molecule has 0 aliphatic heterocycles. The molecule has 0 heterocycles. The van der Waals surface area contributed by atoms with Crippen LogP contribution in [0.25, 0.3) is 0 Å². The van der Waals surface area contributed by atoms with Gasteiger partial charge in [0.2, 0.25) is 0 Å². The molecule has 0 N–H and O–H groups in total. The number of alkyl halides is 6. The Kier molecular flexibility index (Phi) is 11.3. The predicted octanol–water partition coefficient (Wildman–Crippen LogP) is 8.77. The number of hydrogen-bond donors (Lipinski definition) is 0. The zero-order valence-corrected chi connectivity index (χ0v) is 18.6. The van der Waals surface area contributed by atoms with E-state index < -0.39 is 72.3 Å². The monoisotopic (exact) mass is 497 g/mol. The summed E-state index contributed by atoms with van der Waals surface area (Å²) in [7, 11) is 0. The van der Waals surface area contributed by atoms with Gasteiger partial charge in [-0.25, -0.2) is 22.0 Å². The summed E-state index contributed by atoms with van der Waals surface area (Å²) in [6.07, 6.45) is -7.72. The molecule has 0 saturated carbocycles. The van der Waals surface area contributed by atoms with Gasteiger partial charge >= 0.3 is 12.2 Å². The van der Waals surface area contributed by atoms with Crippen LogP contribution in [0.5, 0.6) is 0 Å². The Bertz CT molecular complexity index is 719. The lowest BCUT2D eigenvalue weighted by Crippen LogP contribution is -2.50. The molecule has 0 amide bonds. The van der Waals surface area contributed by atoms with Crippen LogP contribution in [0.2, 0.25) is 0 Å². The van der Waals surface area contributed by atoms with Gasteiger partial charge in [-0.2, -0.15) is 22.0 Å². The third-order valence-corrected chi connectivity index (χ3v) is 5.37. The summed E-state index contributed by atoms with van der Waals surface area (Å²) in [5, 5.41) is 0. The standard InChI is InChI=1S/C22H29F10N/c1-3-4-5-10-13-33(20-17(25)14(2)16(24)18(26)19(20)27)22(31,32)15(23)11-8-6-7-9-12-21(28,29)30/h15H,3-13H2,1-2H3. The summed E-state index contributed by atoms with van der Waals surface area (Å²) in [5.41, 5.74) is -2.56. The second kappa shape index (κ2) is 12.7. The fourth-order valence-corrected chi connectivity index (χ4v) is 3.42. The van der Waals surface area contributed by atoms with Crippen molar-refractivity contribution in [1.82, 2.24) is 0 Å². The van der Waals surface area contributed by atoms with Crippen molar-refractivity contribution in [3.05, 3.63) is 28.8 Å². The minimum Gasteiger partial charge on any atom is -0.306 e. The van der Waals surface area contributed by atoms with E-state index in [1.165, 1.54) is 0 Å². The van der Waals surface area contributed by atoms with Crippen LogP contribution in [0.3, 0.4) is 0 Å². The molecular weight excluding hydrogens is 468 g/mol. The van der Waals surface area contributed by atoms with Crippen molar-refractivity contribution in [2.75, 3.05) is 11.4 Å². The van der Waals surface area contributed by atoms with Crippen LogP contribution in [-0.4, -0.2) is 24.9 Å². The Hall–Kier alpha value is -1.68. The van der Waals surface area contributed by atoms with Crippen LogP contribution in [0.1, 0.15) is 76.7 Å². The number of halogens is 10. The Balaban J connectivity index is 3.03. The summed E-state index contributed by atoms with van der Waals surface area (Å²) in [6, 6.07) is -4.46. The lowest BCUT2D eigenvalue weighted by molar-refractivity contribution is -0.135. The second-order valence-corrected chi connectivity index (χ2v) is 8.07. The summed E-state index contributed by atoms with van der Waals surface area (Å²) >= 11 is 0. The fourth-order valence-electron chi connectivity index (χ4n) is 3.42. The van der Waals surface area contributed by atoms with Crippen molar-refractivity contribution in [3.8, 4) is 0 Å². The molecule has 0 bridgehead atoms. The molecule has 0 fully saturated rings. The quantitative estimate of drug-likeness (QED) is 0.0817. The van der Waals surface area contributed by atoms with Gasteiger partial charge < -0.3 is 4.90 Å². The number of anilines is 1. The van der Waals surface area contributed by atoms with E-state index in [0.717, 1.165) is 6.92 Å². The summed E-state index contributed by atoms with van der Waals surface area (Å²) in [4.78, 5) is -0.197. The first-order chi connectivity index (χ1) is 15.3. The van der Waals surface area contributed by atoms with Crippen LogP contribution in [0.15, 0.2) is 0 Å². The van der Waals surface area contributed by atoms with E-state index in [1.807, 2.05) is 6.92 Å². The smallest absolute Gasteiger partial charge is 0.306 e. The number of nitrogens with zero attached hydrogens (tertiary/aromatic N) is 1. The topological polar surface area (TPSA) is 3.24 Å². The number of hydrogen-bond acceptors (Lipinski definition) is 1. The van der Waals surface area contributed by atoms with Crippen LogP contribution in [0.4, 0.5) is 49.6 Å². The Morgan fingerprint density at radius 2 is 1.30 bits per heavy atom. The molecule has 0 aliphatic carbocycles. The molecule has 1 unspecified atom stereocenters. The Morgan fingerprint density at radius 1 is 0.727 bits per heavy atom. The third-order valence-electron chi connectivity index (χ3n) is 5.37. The maximum Gasteiger partial charge on any atom is 0.389 e. The van der Waals surface area contributed by atoms with Gasteiger partial charge in [-0.1, -0.05) is 45.4 Å². The molecule has 1 nitrogen and oxygen atoms in total. The fraction of sp³-hybridized carbons (Fsp3) is 0.727. The number of unbranched alkanes of at least 4 members (excludes halogenated alkanes) is 6. The summed E-state index contributed by atoms with van der Waals surface area (Å²) in [5.74, 6) is -7.93. The van der Waals surface area contributed by atoms with Crippen molar-refractivity contribution in [1.29, 1.82) is 0 Å². The van der Waals surface area contributed by atoms with E-state index in [9.17, 15) is 43.9 Å². The molecule has 0 spiro atoms. The lowest BCUT2D eigenvalue weighted by atomic mass is 10.0.